The van der Waals surface area contributed by atoms with Crippen LogP contribution in [-0.2, 0) is 0 Å². The summed E-state index contributed by atoms with van der Waals surface area (Å²) in [6.07, 6.45) is 1.60. The van der Waals surface area contributed by atoms with Crippen molar-refractivity contribution in [2.45, 2.75) is 6.92 Å². The van der Waals surface area contributed by atoms with Gasteiger partial charge in [0.15, 0.2) is 22.5 Å². The van der Waals surface area contributed by atoms with E-state index < -0.39 is 0 Å². The second-order valence-corrected chi connectivity index (χ2v) is 5.27. The summed E-state index contributed by atoms with van der Waals surface area (Å²) in [5.74, 6) is 1.02. The van der Waals surface area contributed by atoms with Gasteiger partial charge in [-0.05, 0) is 30.7 Å². The zero-order chi connectivity index (χ0) is 16.9. The molecule has 3 rings (SSSR count). The van der Waals surface area contributed by atoms with Crippen molar-refractivity contribution in [1.82, 2.24) is 10.2 Å². The summed E-state index contributed by atoms with van der Waals surface area (Å²) in [4.78, 5) is 0. The van der Waals surface area contributed by atoms with Gasteiger partial charge in [0.25, 0.3) is 0 Å². The molecule has 0 unspecified atom stereocenters. The topological polar surface area (TPSA) is 79.6 Å². The summed E-state index contributed by atoms with van der Waals surface area (Å²) >= 11 is 6.04. The van der Waals surface area contributed by atoms with E-state index in [-0.39, 0.29) is 5.75 Å². The highest BCUT2D eigenvalue weighted by molar-refractivity contribution is 6.34. The summed E-state index contributed by atoms with van der Waals surface area (Å²) in [7, 11) is 0. The normalized spacial score (nSPS) is 11.1. The molecule has 2 aromatic carbocycles. The maximum Gasteiger partial charge on any atom is 0.176 e. The molecular formula is C17H15ClN4O2. The molecule has 0 spiro atoms. The van der Waals surface area contributed by atoms with Crippen LogP contribution in [-0.4, -0.2) is 28.1 Å². The van der Waals surface area contributed by atoms with Gasteiger partial charge in [0.05, 0.1) is 12.8 Å². The molecule has 0 bridgehead atoms. The molecule has 1 heterocycles. The monoisotopic (exact) mass is 342 g/mol. The molecule has 6 nitrogen and oxygen atoms in total. The maximum absolute atomic E-state index is 9.70. The van der Waals surface area contributed by atoms with Gasteiger partial charge in [-0.25, -0.2) is 0 Å². The van der Waals surface area contributed by atoms with Gasteiger partial charge in [-0.2, -0.15) is 5.10 Å². The Labute approximate surface area is 143 Å². The quantitative estimate of drug-likeness (QED) is 0.544. The molecule has 0 radical (unpaired) electrons. The Hall–Kier alpha value is -2.86. The van der Waals surface area contributed by atoms with Crippen molar-refractivity contribution in [1.29, 1.82) is 0 Å². The first-order chi connectivity index (χ1) is 11.7. The van der Waals surface area contributed by atoms with E-state index in [0.717, 1.165) is 16.3 Å². The zero-order valence-corrected chi connectivity index (χ0v) is 13.7. The van der Waals surface area contributed by atoms with Crippen LogP contribution in [0.3, 0.4) is 0 Å². The Morgan fingerprint density at radius 3 is 2.79 bits per heavy atom. The molecule has 122 valence electrons. The van der Waals surface area contributed by atoms with E-state index in [9.17, 15) is 5.11 Å². The molecule has 0 atom stereocenters. The van der Waals surface area contributed by atoms with Crippen LogP contribution < -0.4 is 10.2 Å². The molecule has 0 amide bonds. The fourth-order valence-corrected chi connectivity index (χ4v) is 2.41. The average molecular weight is 343 g/mol. The average Bonchev–Trinajstić information content (AvgIpc) is 2.60. The number of nitrogens with one attached hydrogen (secondary N) is 1. The van der Waals surface area contributed by atoms with Crippen molar-refractivity contribution in [3.05, 3.63) is 53.2 Å². The molecule has 2 N–H and O–H groups in total. The number of aromatic nitrogens is 2. The number of phenols is 1. The number of ether oxygens (including phenoxy) is 1. The standard InChI is InChI=1S/C17H15ClN4O2/c1-2-24-15-9-11(7-8-14(15)23)10-19-21-17-13-6-4-3-5-12(13)16(18)20-22-17/h3-10,23H,2H2,1H3,(H,21,22)/b19-10-. The highest BCUT2D eigenvalue weighted by Gasteiger charge is 2.06. The zero-order valence-electron chi connectivity index (χ0n) is 12.9. The first-order valence-corrected chi connectivity index (χ1v) is 7.72. The van der Waals surface area contributed by atoms with E-state index in [4.69, 9.17) is 16.3 Å². The fourth-order valence-electron chi connectivity index (χ4n) is 2.20. The largest absolute Gasteiger partial charge is 0.504 e. The van der Waals surface area contributed by atoms with Crippen LogP contribution in [0, 0.1) is 0 Å². The summed E-state index contributed by atoms with van der Waals surface area (Å²) in [6.45, 7) is 2.32. The molecule has 7 heteroatoms. The molecule has 0 aliphatic carbocycles. The van der Waals surface area contributed by atoms with E-state index in [1.165, 1.54) is 0 Å². The summed E-state index contributed by atoms with van der Waals surface area (Å²) in [6, 6.07) is 12.5. The van der Waals surface area contributed by atoms with Gasteiger partial charge in [-0.3, -0.25) is 5.43 Å². The Morgan fingerprint density at radius 2 is 2.00 bits per heavy atom. The Kier molecular flexibility index (Phi) is 4.77. The van der Waals surface area contributed by atoms with Crippen molar-refractivity contribution in [2.24, 2.45) is 5.10 Å². The van der Waals surface area contributed by atoms with Crippen LogP contribution >= 0.6 is 11.6 Å². The van der Waals surface area contributed by atoms with Gasteiger partial charge in [-0.15, -0.1) is 10.2 Å². The number of benzene rings is 2. The molecule has 0 aliphatic rings. The van der Waals surface area contributed by atoms with E-state index >= 15 is 0 Å². The number of fused-ring (bicyclic) bond motifs is 1. The predicted octanol–water partition coefficient (Wildman–Crippen LogP) is 3.83. The first-order valence-electron chi connectivity index (χ1n) is 7.35. The number of nitrogens with zero attached hydrogens (tertiary/aromatic N) is 3. The predicted molar refractivity (Wildman–Crippen MR) is 95.0 cm³/mol. The van der Waals surface area contributed by atoms with E-state index in [1.54, 1.807) is 24.4 Å². The second kappa shape index (κ2) is 7.14. The third kappa shape index (κ3) is 3.38. The van der Waals surface area contributed by atoms with E-state index in [1.807, 2.05) is 31.2 Å². The van der Waals surface area contributed by atoms with Crippen LogP contribution in [0.15, 0.2) is 47.6 Å². The highest BCUT2D eigenvalue weighted by atomic mass is 35.5. The lowest BCUT2D eigenvalue weighted by Crippen LogP contribution is -1.98. The Bertz CT molecular complexity index is 899. The lowest BCUT2D eigenvalue weighted by molar-refractivity contribution is 0.318. The molecule has 0 saturated heterocycles. The summed E-state index contributed by atoms with van der Waals surface area (Å²) in [5, 5.41) is 23.8. The Morgan fingerprint density at radius 1 is 1.21 bits per heavy atom. The fraction of sp³-hybridized carbons (Fsp3) is 0.118. The number of aromatic hydroxyl groups is 1. The lowest BCUT2D eigenvalue weighted by atomic mass is 10.2. The van der Waals surface area contributed by atoms with Gasteiger partial charge >= 0.3 is 0 Å². The van der Waals surface area contributed by atoms with Crippen molar-refractivity contribution >= 4 is 34.4 Å². The minimum atomic E-state index is 0.0940. The molecule has 3 aromatic rings. The molecule has 0 fully saturated rings. The molecule has 0 saturated carbocycles. The van der Waals surface area contributed by atoms with E-state index in [2.05, 4.69) is 20.7 Å². The van der Waals surface area contributed by atoms with E-state index in [0.29, 0.717) is 23.3 Å². The molecule has 0 aliphatic heterocycles. The number of hydrazone groups is 1. The van der Waals surface area contributed by atoms with Crippen molar-refractivity contribution in [2.75, 3.05) is 12.0 Å². The van der Waals surface area contributed by atoms with Crippen LogP contribution in [0.4, 0.5) is 5.82 Å². The number of anilines is 1. The van der Waals surface area contributed by atoms with Gasteiger partial charge in [0.2, 0.25) is 0 Å². The molecule has 1 aromatic heterocycles. The van der Waals surface area contributed by atoms with Crippen molar-refractivity contribution < 1.29 is 9.84 Å². The van der Waals surface area contributed by atoms with Crippen LogP contribution in [0.1, 0.15) is 12.5 Å². The van der Waals surface area contributed by atoms with Crippen LogP contribution in [0.25, 0.3) is 10.8 Å². The maximum atomic E-state index is 9.70. The number of halogens is 1. The van der Waals surface area contributed by atoms with Gasteiger partial charge < -0.3 is 9.84 Å². The van der Waals surface area contributed by atoms with Gasteiger partial charge in [0, 0.05) is 10.8 Å². The number of hydrogen-bond acceptors (Lipinski definition) is 6. The first kappa shape index (κ1) is 16.0. The van der Waals surface area contributed by atoms with Crippen molar-refractivity contribution in [3.63, 3.8) is 0 Å². The number of phenolic OH excluding ortho intramolecular Hbond substituents is 1. The van der Waals surface area contributed by atoms with Crippen LogP contribution in [0.2, 0.25) is 5.15 Å². The van der Waals surface area contributed by atoms with Gasteiger partial charge in [-0.1, -0.05) is 35.9 Å². The summed E-state index contributed by atoms with van der Waals surface area (Å²) in [5.41, 5.74) is 3.64. The third-order valence-corrected chi connectivity index (χ3v) is 3.59. The smallest absolute Gasteiger partial charge is 0.176 e. The second-order valence-electron chi connectivity index (χ2n) is 4.92. The Balaban J connectivity index is 1.82. The summed E-state index contributed by atoms with van der Waals surface area (Å²) < 4.78 is 5.34. The highest BCUT2D eigenvalue weighted by Crippen LogP contribution is 2.27. The third-order valence-electron chi connectivity index (χ3n) is 3.31. The van der Waals surface area contributed by atoms with Crippen molar-refractivity contribution in [3.8, 4) is 11.5 Å². The molecular weight excluding hydrogens is 328 g/mol. The van der Waals surface area contributed by atoms with Gasteiger partial charge in [0.1, 0.15) is 0 Å². The number of hydrogen-bond donors (Lipinski definition) is 2. The van der Waals surface area contributed by atoms with Crippen LogP contribution in [0.5, 0.6) is 11.5 Å². The lowest BCUT2D eigenvalue weighted by Gasteiger charge is -2.06. The minimum Gasteiger partial charge on any atom is -0.504 e. The molecule has 24 heavy (non-hydrogen) atoms. The SMILES string of the molecule is CCOc1cc(/C=N\Nc2nnc(Cl)c3ccccc23)ccc1O. The minimum absolute atomic E-state index is 0.0940. The number of rotatable bonds is 5.